The predicted molar refractivity (Wildman–Crippen MR) is 88.2 cm³/mol. The number of carbonyl (C=O) groups excluding carboxylic acids is 2. The second-order valence-corrected chi connectivity index (χ2v) is 6.91. The largest absolute Gasteiger partial charge is 0.351 e. The first-order valence-electron chi connectivity index (χ1n) is 7.29. The molecule has 0 atom stereocenters. The highest BCUT2D eigenvalue weighted by Crippen LogP contribution is 2.27. The second kappa shape index (κ2) is 7.02. The van der Waals surface area contributed by atoms with E-state index in [4.69, 9.17) is 0 Å². The number of amides is 2. The lowest BCUT2D eigenvalue weighted by atomic mass is 10.3. The Kier molecular flexibility index (Phi) is 4.84. The molecule has 5 nitrogen and oxygen atoms in total. The molecule has 0 bridgehead atoms. The second-order valence-electron chi connectivity index (χ2n) is 5.11. The van der Waals surface area contributed by atoms with Crippen molar-refractivity contribution in [3.8, 4) is 9.88 Å². The normalized spacial score (nSPS) is 14.5. The standard InChI is InChI=1S/C15H17N3O2S2/c19-13-5-1-7-18(13)8-3-6-16-14(20)11-10-22-15(17-11)12-4-2-9-21-12/h2,4,9-10H,1,3,5-8H2,(H,16,20). The van der Waals surface area contributed by atoms with Crippen LogP contribution in [0, 0.1) is 0 Å². The molecule has 7 heteroatoms. The Hall–Kier alpha value is -1.73. The summed E-state index contributed by atoms with van der Waals surface area (Å²) in [5, 5.41) is 7.53. The van der Waals surface area contributed by atoms with E-state index in [0.29, 0.717) is 18.7 Å². The summed E-state index contributed by atoms with van der Waals surface area (Å²) in [5.41, 5.74) is 0.464. The van der Waals surface area contributed by atoms with Gasteiger partial charge >= 0.3 is 0 Å². The third-order valence-electron chi connectivity index (χ3n) is 3.53. The summed E-state index contributed by atoms with van der Waals surface area (Å²) in [4.78, 5) is 30.8. The number of rotatable bonds is 6. The first-order valence-corrected chi connectivity index (χ1v) is 9.05. The number of carbonyl (C=O) groups is 2. The molecule has 3 rings (SSSR count). The van der Waals surface area contributed by atoms with E-state index in [9.17, 15) is 9.59 Å². The molecule has 1 aliphatic heterocycles. The molecule has 1 N–H and O–H groups in total. The maximum Gasteiger partial charge on any atom is 0.270 e. The predicted octanol–water partition coefficient (Wildman–Crippen LogP) is 2.61. The summed E-state index contributed by atoms with van der Waals surface area (Å²) in [6, 6.07) is 3.97. The highest BCUT2D eigenvalue weighted by molar-refractivity contribution is 7.20. The maximum atomic E-state index is 12.0. The molecule has 0 spiro atoms. The van der Waals surface area contributed by atoms with Gasteiger partial charge in [0.25, 0.3) is 5.91 Å². The lowest BCUT2D eigenvalue weighted by Crippen LogP contribution is -2.30. The fourth-order valence-corrected chi connectivity index (χ4v) is 4.01. The quantitative estimate of drug-likeness (QED) is 0.826. The molecular formula is C15H17N3O2S2. The summed E-state index contributed by atoms with van der Waals surface area (Å²) in [6.07, 6.45) is 2.39. The van der Waals surface area contributed by atoms with Gasteiger partial charge in [0.1, 0.15) is 10.7 Å². The van der Waals surface area contributed by atoms with Crippen LogP contribution >= 0.6 is 22.7 Å². The molecule has 1 saturated heterocycles. The first kappa shape index (κ1) is 15.2. The molecule has 3 heterocycles. The number of nitrogens with zero attached hydrogens (tertiary/aromatic N) is 2. The molecule has 2 aromatic rings. The Morgan fingerprint density at radius 1 is 1.41 bits per heavy atom. The number of hydrogen-bond acceptors (Lipinski definition) is 5. The fraction of sp³-hybridized carbons (Fsp3) is 0.400. The highest BCUT2D eigenvalue weighted by atomic mass is 32.1. The zero-order valence-corrected chi connectivity index (χ0v) is 13.7. The average molecular weight is 335 g/mol. The molecule has 22 heavy (non-hydrogen) atoms. The van der Waals surface area contributed by atoms with Gasteiger partial charge in [0, 0.05) is 31.4 Å². The molecule has 0 aromatic carbocycles. The first-order chi connectivity index (χ1) is 10.7. The summed E-state index contributed by atoms with van der Waals surface area (Å²) < 4.78 is 0. The Morgan fingerprint density at radius 2 is 2.32 bits per heavy atom. The zero-order valence-electron chi connectivity index (χ0n) is 12.1. The van der Waals surface area contributed by atoms with Crippen LogP contribution in [0.2, 0.25) is 0 Å². The van der Waals surface area contributed by atoms with Crippen molar-refractivity contribution in [2.24, 2.45) is 0 Å². The smallest absolute Gasteiger partial charge is 0.270 e. The third-order valence-corrected chi connectivity index (χ3v) is 5.41. The Labute approximate surface area is 137 Å². The number of hydrogen-bond donors (Lipinski definition) is 1. The van der Waals surface area contributed by atoms with E-state index in [-0.39, 0.29) is 11.8 Å². The average Bonchev–Trinajstić information content (AvgIpc) is 3.24. The van der Waals surface area contributed by atoms with Gasteiger partial charge in [0.2, 0.25) is 5.91 Å². The van der Waals surface area contributed by atoms with E-state index in [2.05, 4.69) is 10.3 Å². The van der Waals surface area contributed by atoms with Gasteiger partial charge < -0.3 is 10.2 Å². The molecule has 1 fully saturated rings. The summed E-state index contributed by atoms with van der Waals surface area (Å²) in [6.45, 7) is 2.13. The van der Waals surface area contributed by atoms with Gasteiger partial charge in [-0.05, 0) is 24.3 Å². The van der Waals surface area contributed by atoms with Gasteiger partial charge in [-0.3, -0.25) is 9.59 Å². The van der Waals surface area contributed by atoms with Crippen molar-refractivity contribution in [3.63, 3.8) is 0 Å². The Balaban J connectivity index is 1.45. The third kappa shape index (κ3) is 3.53. The maximum absolute atomic E-state index is 12.0. The summed E-state index contributed by atoms with van der Waals surface area (Å²) >= 11 is 3.10. The van der Waals surface area contributed by atoms with E-state index in [1.54, 1.807) is 16.7 Å². The van der Waals surface area contributed by atoms with Crippen LogP contribution in [0.25, 0.3) is 9.88 Å². The van der Waals surface area contributed by atoms with Crippen molar-refractivity contribution < 1.29 is 9.59 Å². The van der Waals surface area contributed by atoms with Crippen LogP contribution in [0.15, 0.2) is 22.9 Å². The zero-order chi connectivity index (χ0) is 15.4. The van der Waals surface area contributed by atoms with Crippen molar-refractivity contribution in [2.75, 3.05) is 19.6 Å². The molecular weight excluding hydrogens is 318 g/mol. The van der Waals surface area contributed by atoms with Crippen LogP contribution in [-0.2, 0) is 4.79 Å². The molecule has 0 unspecified atom stereocenters. The number of aromatic nitrogens is 1. The molecule has 0 radical (unpaired) electrons. The topological polar surface area (TPSA) is 62.3 Å². The van der Waals surface area contributed by atoms with Crippen molar-refractivity contribution in [3.05, 3.63) is 28.6 Å². The van der Waals surface area contributed by atoms with E-state index in [1.165, 1.54) is 11.3 Å². The van der Waals surface area contributed by atoms with E-state index in [0.717, 1.165) is 35.8 Å². The SMILES string of the molecule is O=C(NCCCN1CCCC1=O)c1csc(-c2cccs2)n1. The van der Waals surface area contributed by atoms with Crippen LogP contribution in [0.5, 0.6) is 0 Å². The molecule has 2 aromatic heterocycles. The van der Waals surface area contributed by atoms with E-state index in [1.807, 2.05) is 22.4 Å². The summed E-state index contributed by atoms with van der Waals surface area (Å²) in [7, 11) is 0. The van der Waals surface area contributed by atoms with Crippen LogP contribution in [0.4, 0.5) is 0 Å². The lowest BCUT2D eigenvalue weighted by Gasteiger charge is -2.14. The van der Waals surface area contributed by atoms with Crippen LogP contribution in [0.1, 0.15) is 29.8 Å². The lowest BCUT2D eigenvalue weighted by molar-refractivity contribution is -0.127. The monoisotopic (exact) mass is 335 g/mol. The minimum Gasteiger partial charge on any atom is -0.351 e. The molecule has 2 amide bonds. The molecule has 1 aliphatic rings. The highest BCUT2D eigenvalue weighted by Gasteiger charge is 2.19. The van der Waals surface area contributed by atoms with Gasteiger partial charge in [-0.15, -0.1) is 22.7 Å². The molecule has 116 valence electrons. The van der Waals surface area contributed by atoms with Gasteiger partial charge in [-0.2, -0.15) is 0 Å². The van der Waals surface area contributed by atoms with Crippen molar-refractivity contribution >= 4 is 34.5 Å². The fourth-order valence-electron chi connectivity index (χ4n) is 2.39. The van der Waals surface area contributed by atoms with Crippen LogP contribution < -0.4 is 5.32 Å². The van der Waals surface area contributed by atoms with Crippen LogP contribution in [-0.4, -0.2) is 41.3 Å². The molecule has 0 saturated carbocycles. The van der Waals surface area contributed by atoms with Crippen molar-refractivity contribution in [1.82, 2.24) is 15.2 Å². The minimum absolute atomic E-state index is 0.146. The Bertz CT molecular complexity index is 652. The van der Waals surface area contributed by atoms with Crippen molar-refractivity contribution in [1.29, 1.82) is 0 Å². The van der Waals surface area contributed by atoms with Gasteiger partial charge in [0.15, 0.2) is 0 Å². The number of nitrogens with one attached hydrogen (secondary N) is 1. The number of thiophene rings is 1. The van der Waals surface area contributed by atoms with Gasteiger partial charge in [-0.25, -0.2) is 4.98 Å². The van der Waals surface area contributed by atoms with E-state index < -0.39 is 0 Å². The van der Waals surface area contributed by atoms with Gasteiger partial charge in [-0.1, -0.05) is 6.07 Å². The summed E-state index contributed by atoms with van der Waals surface area (Å²) in [5.74, 6) is 0.0817. The van der Waals surface area contributed by atoms with Crippen molar-refractivity contribution in [2.45, 2.75) is 19.3 Å². The van der Waals surface area contributed by atoms with Gasteiger partial charge in [0.05, 0.1) is 4.88 Å². The Morgan fingerprint density at radius 3 is 3.05 bits per heavy atom. The number of thiazole rings is 1. The van der Waals surface area contributed by atoms with Crippen LogP contribution in [0.3, 0.4) is 0 Å². The minimum atomic E-state index is -0.146. The number of likely N-dealkylation sites (tertiary alicyclic amines) is 1. The molecule has 0 aliphatic carbocycles. The van der Waals surface area contributed by atoms with E-state index >= 15 is 0 Å².